The van der Waals surface area contributed by atoms with Gasteiger partial charge in [-0.15, -0.1) is 11.6 Å². The molecule has 0 saturated carbocycles. The summed E-state index contributed by atoms with van der Waals surface area (Å²) in [5, 5.41) is 17.3. The van der Waals surface area contributed by atoms with E-state index in [1.165, 1.54) is 88.7 Å². The van der Waals surface area contributed by atoms with Crippen molar-refractivity contribution in [2.75, 3.05) is 5.75 Å². The van der Waals surface area contributed by atoms with Gasteiger partial charge < -0.3 is 10.0 Å². The van der Waals surface area contributed by atoms with Crippen molar-refractivity contribution in [2.45, 2.75) is 90.4 Å². The molecule has 0 rings (SSSR count). The predicted octanol–water partition coefficient (Wildman–Crippen LogP) is 4.78. The van der Waals surface area contributed by atoms with Gasteiger partial charge in [0, 0.05) is 0 Å². The zero-order chi connectivity index (χ0) is 14.2. The van der Waals surface area contributed by atoms with E-state index in [0.717, 1.165) is 12.2 Å². The first-order chi connectivity index (χ1) is 9.27. The smallest absolute Gasteiger partial charge is 0.418 e. The number of unbranched alkanes of at least 4 members (excludes halogenated alkanes) is 12. The van der Waals surface area contributed by atoms with Crippen LogP contribution in [0.2, 0.25) is 0 Å². The van der Waals surface area contributed by atoms with Gasteiger partial charge in [0.1, 0.15) is 0 Å². The van der Waals surface area contributed by atoms with Crippen LogP contribution in [0.3, 0.4) is 0 Å². The first-order valence-corrected chi connectivity index (χ1v) is 9.30. The molecule has 0 bridgehead atoms. The molecule has 0 aromatic rings. The van der Waals surface area contributed by atoms with Gasteiger partial charge in [-0.3, -0.25) is 0 Å². The van der Waals surface area contributed by atoms with Gasteiger partial charge in [-0.2, -0.15) is 0 Å². The highest BCUT2D eigenvalue weighted by molar-refractivity contribution is 8.23. The van der Waals surface area contributed by atoms with E-state index >= 15 is 0 Å². The van der Waals surface area contributed by atoms with Crippen LogP contribution >= 0.6 is 11.6 Å². The Labute approximate surface area is 124 Å². The summed E-state index contributed by atoms with van der Waals surface area (Å²) in [6.45, 7) is 2.27. The molecule has 0 amide bonds. The Kier molecular flexibility index (Phi) is 16.7. The fraction of sp³-hybridized carbons (Fsp3) is 1.00. The molecule has 0 spiro atoms. The second-order valence-corrected chi connectivity index (χ2v) is 6.60. The molecule has 4 heteroatoms. The van der Waals surface area contributed by atoms with E-state index in [4.69, 9.17) is 10.0 Å². The Morgan fingerprint density at radius 3 is 1.37 bits per heavy atom. The number of rotatable bonds is 15. The third-order valence-electron chi connectivity index (χ3n) is 3.51. The molecule has 2 N–H and O–H groups in total. The first kappa shape index (κ1) is 19.3. The maximum atomic E-state index is 8.66. The Hall–Kier alpha value is 0.335. The lowest BCUT2D eigenvalue weighted by Gasteiger charge is -2.03. The van der Waals surface area contributed by atoms with Crippen molar-refractivity contribution in [2.24, 2.45) is 0 Å². The van der Waals surface area contributed by atoms with Gasteiger partial charge in [0.25, 0.3) is 0 Å². The summed E-state index contributed by atoms with van der Waals surface area (Å²) in [6, 6.07) is 0. The maximum Gasteiger partial charge on any atom is 0.525 e. The van der Waals surface area contributed by atoms with E-state index in [0.29, 0.717) is 0 Å². The van der Waals surface area contributed by atoms with Crippen molar-refractivity contribution in [1.29, 1.82) is 0 Å². The Morgan fingerprint density at radius 2 is 1.00 bits per heavy atom. The van der Waals surface area contributed by atoms with Crippen LogP contribution in [0.5, 0.6) is 0 Å². The Balaban J connectivity index is 2.91. The van der Waals surface area contributed by atoms with Gasteiger partial charge in [-0.1, -0.05) is 84.0 Å². The minimum absolute atomic E-state index is 0.870. The average Bonchev–Trinajstić information content (AvgIpc) is 2.39. The molecule has 114 valence electrons. The zero-order valence-corrected chi connectivity index (χ0v) is 13.6. The van der Waals surface area contributed by atoms with Gasteiger partial charge >= 0.3 is 6.40 Å². The highest BCUT2D eigenvalue weighted by atomic mass is 32.2. The number of hydrogen-bond donors (Lipinski definition) is 2. The van der Waals surface area contributed by atoms with Crippen LogP contribution in [0.4, 0.5) is 0 Å². The molecule has 0 aliphatic heterocycles. The minimum atomic E-state index is -1.18. The summed E-state index contributed by atoms with van der Waals surface area (Å²) in [7, 11) is 0. The molecule has 0 aliphatic carbocycles. The molecule has 0 atom stereocenters. The monoisotopic (exact) mass is 288 g/mol. The fourth-order valence-corrected chi connectivity index (χ4v) is 2.89. The van der Waals surface area contributed by atoms with Crippen molar-refractivity contribution in [3.63, 3.8) is 0 Å². The summed E-state index contributed by atoms with van der Waals surface area (Å²) in [5.41, 5.74) is 0. The van der Waals surface area contributed by atoms with Crippen molar-refractivity contribution in [3.05, 3.63) is 0 Å². The van der Waals surface area contributed by atoms with Crippen molar-refractivity contribution in [1.82, 2.24) is 0 Å². The van der Waals surface area contributed by atoms with E-state index in [2.05, 4.69) is 6.92 Å². The Morgan fingerprint density at radius 1 is 0.632 bits per heavy atom. The summed E-state index contributed by atoms with van der Waals surface area (Å²) in [5.74, 6) is 0.870. The van der Waals surface area contributed by atoms with Gasteiger partial charge in [-0.05, 0) is 12.2 Å². The standard InChI is InChI=1S/C15H33BO2S/c1-2-3-4-5-6-7-8-9-10-11-12-13-14-15-19-16(17)18/h17-18H,2-15H2,1H3. The van der Waals surface area contributed by atoms with Crippen LogP contribution in [-0.4, -0.2) is 22.2 Å². The van der Waals surface area contributed by atoms with E-state index < -0.39 is 6.40 Å². The van der Waals surface area contributed by atoms with Crippen molar-refractivity contribution in [3.8, 4) is 0 Å². The van der Waals surface area contributed by atoms with Gasteiger partial charge in [0.15, 0.2) is 0 Å². The summed E-state index contributed by atoms with van der Waals surface area (Å²) in [4.78, 5) is 0. The minimum Gasteiger partial charge on any atom is -0.418 e. The average molecular weight is 288 g/mol. The van der Waals surface area contributed by atoms with Crippen LogP contribution < -0.4 is 0 Å². The summed E-state index contributed by atoms with van der Waals surface area (Å²) >= 11 is 1.23. The SMILES string of the molecule is CCCCCCCCCCCCCCCSB(O)O. The van der Waals surface area contributed by atoms with E-state index in [1.807, 2.05) is 0 Å². The summed E-state index contributed by atoms with van der Waals surface area (Å²) in [6.07, 6.45) is 16.5. The molecular formula is C15H33BO2S. The van der Waals surface area contributed by atoms with Crippen molar-refractivity contribution < 1.29 is 10.0 Å². The molecule has 19 heavy (non-hydrogen) atoms. The molecule has 0 radical (unpaired) electrons. The highest BCUT2D eigenvalue weighted by Crippen LogP contribution is 2.13. The molecular weight excluding hydrogens is 255 g/mol. The van der Waals surface area contributed by atoms with Crippen molar-refractivity contribution >= 4 is 18.0 Å². The molecule has 0 unspecified atom stereocenters. The summed E-state index contributed by atoms with van der Waals surface area (Å²) < 4.78 is 0. The third kappa shape index (κ3) is 18.3. The molecule has 0 saturated heterocycles. The Bertz CT molecular complexity index is 168. The maximum absolute atomic E-state index is 8.66. The van der Waals surface area contributed by atoms with Gasteiger partial charge in [0.2, 0.25) is 0 Å². The molecule has 0 aliphatic rings. The lowest BCUT2D eigenvalue weighted by atomic mass is 10.1. The molecule has 0 aromatic heterocycles. The second kappa shape index (κ2) is 16.4. The quantitative estimate of drug-likeness (QED) is 0.336. The molecule has 0 aromatic carbocycles. The van der Waals surface area contributed by atoms with Crippen LogP contribution in [-0.2, 0) is 0 Å². The fourth-order valence-electron chi connectivity index (χ4n) is 2.31. The van der Waals surface area contributed by atoms with E-state index in [9.17, 15) is 0 Å². The zero-order valence-electron chi connectivity index (χ0n) is 12.8. The molecule has 2 nitrogen and oxygen atoms in total. The van der Waals surface area contributed by atoms with Gasteiger partial charge in [-0.25, -0.2) is 0 Å². The van der Waals surface area contributed by atoms with Crippen LogP contribution in [0.15, 0.2) is 0 Å². The second-order valence-electron chi connectivity index (χ2n) is 5.44. The van der Waals surface area contributed by atoms with E-state index in [1.54, 1.807) is 0 Å². The van der Waals surface area contributed by atoms with Gasteiger partial charge in [0.05, 0.1) is 0 Å². The normalized spacial score (nSPS) is 10.9. The first-order valence-electron chi connectivity index (χ1n) is 8.25. The molecule has 0 heterocycles. The third-order valence-corrected chi connectivity index (χ3v) is 4.34. The lowest BCUT2D eigenvalue weighted by Crippen LogP contribution is -2.05. The van der Waals surface area contributed by atoms with Crippen LogP contribution in [0, 0.1) is 0 Å². The van der Waals surface area contributed by atoms with Crippen LogP contribution in [0.25, 0.3) is 0 Å². The predicted molar refractivity (Wildman–Crippen MR) is 88.3 cm³/mol. The van der Waals surface area contributed by atoms with E-state index in [-0.39, 0.29) is 0 Å². The lowest BCUT2D eigenvalue weighted by molar-refractivity contribution is 0.437. The molecule has 0 fully saturated rings. The highest BCUT2D eigenvalue weighted by Gasteiger charge is 2.05. The van der Waals surface area contributed by atoms with Crippen LogP contribution in [0.1, 0.15) is 90.4 Å². The largest absolute Gasteiger partial charge is 0.525 e. The topological polar surface area (TPSA) is 40.5 Å². The number of hydrogen-bond acceptors (Lipinski definition) is 3.